The molecule has 0 saturated carbocycles. The molecule has 0 spiro atoms. The van der Waals surface area contributed by atoms with Gasteiger partial charge >= 0.3 is 11.9 Å². The van der Waals surface area contributed by atoms with Crippen LogP contribution in [0, 0.1) is 0 Å². The first-order valence-corrected chi connectivity index (χ1v) is 7.04. The van der Waals surface area contributed by atoms with E-state index in [1.807, 2.05) is 30.3 Å². The average molecular weight is 312 g/mol. The number of ketones is 1. The number of rotatable bonds is 6. The number of Topliss-reactive ketones (excluding diaryl/α,β-unsaturated/α-hetero) is 1. The molecule has 118 valence electrons. The van der Waals surface area contributed by atoms with Crippen molar-refractivity contribution in [2.75, 3.05) is 0 Å². The summed E-state index contributed by atoms with van der Waals surface area (Å²) in [5, 5.41) is 19.8. The molecule has 0 heterocycles. The molecule has 0 aromatic heterocycles. The average Bonchev–Trinajstić information content (AvgIpc) is 2.51. The van der Waals surface area contributed by atoms with Crippen molar-refractivity contribution < 1.29 is 24.6 Å². The van der Waals surface area contributed by atoms with Gasteiger partial charge in [-0.25, -0.2) is 4.79 Å². The molecule has 5 heteroatoms. The van der Waals surface area contributed by atoms with E-state index in [4.69, 9.17) is 10.2 Å². The molecular formula is C18H16O5. The first kappa shape index (κ1) is 16.4. The van der Waals surface area contributed by atoms with Crippen LogP contribution in [0.25, 0.3) is 10.8 Å². The van der Waals surface area contributed by atoms with Gasteiger partial charge < -0.3 is 10.2 Å². The van der Waals surface area contributed by atoms with Gasteiger partial charge in [0, 0.05) is 17.6 Å². The first-order chi connectivity index (χ1) is 10.9. The SMILES string of the molecule is CC(CC(=O)c1ccc2ccccc2c1)=C(CC(=O)O)C(=O)O. The maximum absolute atomic E-state index is 12.3. The second kappa shape index (κ2) is 6.87. The van der Waals surface area contributed by atoms with Crippen LogP contribution in [0.2, 0.25) is 0 Å². The third-order valence-corrected chi connectivity index (χ3v) is 3.60. The summed E-state index contributed by atoms with van der Waals surface area (Å²) in [6.07, 6.45) is -0.723. The first-order valence-electron chi connectivity index (χ1n) is 7.04. The molecule has 0 atom stereocenters. The van der Waals surface area contributed by atoms with Gasteiger partial charge in [0.2, 0.25) is 0 Å². The fourth-order valence-corrected chi connectivity index (χ4v) is 2.37. The molecule has 0 aliphatic carbocycles. The van der Waals surface area contributed by atoms with E-state index in [0.29, 0.717) is 5.56 Å². The summed E-state index contributed by atoms with van der Waals surface area (Å²) in [5.41, 5.74) is 0.493. The number of fused-ring (bicyclic) bond motifs is 1. The summed E-state index contributed by atoms with van der Waals surface area (Å²) in [7, 11) is 0. The highest BCUT2D eigenvalue weighted by Gasteiger charge is 2.18. The minimum atomic E-state index is -1.31. The van der Waals surface area contributed by atoms with Crippen molar-refractivity contribution in [2.24, 2.45) is 0 Å². The van der Waals surface area contributed by atoms with E-state index in [-0.39, 0.29) is 23.4 Å². The molecule has 2 rings (SSSR count). The van der Waals surface area contributed by atoms with Gasteiger partial charge in [0.25, 0.3) is 0 Å². The summed E-state index contributed by atoms with van der Waals surface area (Å²) < 4.78 is 0. The van der Waals surface area contributed by atoms with Gasteiger partial charge in [0.1, 0.15) is 0 Å². The Morgan fingerprint density at radius 2 is 1.57 bits per heavy atom. The Kier molecular flexibility index (Phi) is 4.91. The van der Waals surface area contributed by atoms with Gasteiger partial charge in [-0.3, -0.25) is 9.59 Å². The maximum Gasteiger partial charge on any atom is 0.332 e. The molecule has 0 saturated heterocycles. The van der Waals surface area contributed by atoms with E-state index in [1.54, 1.807) is 12.1 Å². The predicted octanol–water partition coefficient (Wildman–Crippen LogP) is 3.29. The molecule has 0 radical (unpaired) electrons. The van der Waals surface area contributed by atoms with Gasteiger partial charge in [0.15, 0.2) is 5.78 Å². The van der Waals surface area contributed by atoms with E-state index in [2.05, 4.69) is 0 Å². The molecule has 23 heavy (non-hydrogen) atoms. The van der Waals surface area contributed by atoms with E-state index >= 15 is 0 Å². The van der Waals surface area contributed by atoms with Crippen molar-refractivity contribution >= 4 is 28.5 Å². The predicted molar refractivity (Wildman–Crippen MR) is 85.5 cm³/mol. The van der Waals surface area contributed by atoms with Crippen molar-refractivity contribution in [1.29, 1.82) is 0 Å². The summed E-state index contributed by atoms with van der Waals surface area (Å²) in [6.45, 7) is 1.48. The molecule has 2 aromatic rings. The largest absolute Gasteiger partial charge is 0.481 e. The zero-order valence-electron chi connectivity index (χ0n) is 12.6. The quantitative estimate of drug-likeness (QED) is 0.631. The number of hydrogen-bond acceptors (Lipinski definition) is 3. The van der Waals surface area contributed by atoms with Crippen LogP contribution in [0.3, 0.4) is 0 Å². The highest BCUT2D eigenvalue weighted by atomic mass is 16.4. The number of carboxylic acids is 2. The molecule has 0 aliphatic heterocycles. The number of carboxylic acid groups (broad SMARTS) is 2. The summed E-state index contributed by atoms with van der Waals surface area (Å²) in [6, 6.07) is 12.9. The maximum atomic E-state index is 12.3. The van der Waals surface area contributed by atoms with Gasteiger partial charge in [-0.1, -0.05) is 42.0 Å². The Bertz CT molecular complexity index is 817. The van der Waals surface area contributed by atoms with Crippen LogP contribution in [-0.2, 0) is 9.59 Å². The third-order valence-electron chi connectivity index (χ3n) is 3.60. The highest BCUT2D eigenvalue weighted by Crippen LogP contribution is 2.20. The molecule has 5 nitrogen and oxygen atoms in total. The van der Waals surface area contributed by atoms with Crippen molar-refractivity contribution in [3.8, 4) is 0 Å². The fraction of sp³-hybridized carbons (Fsp3) is 0.167. The molecule has 0 bridgehead atoms. The van der Waals surface area contributed by atoms with Crippen LogP contribution in [0.15, 0.2) is 53.6 Å². The fourth-order valence-electron chi connectivity index (χ4n) is 2.37. The number of aliphatic carboxylic acids is 2. The van der Waals surface area contributed by atoms with Crippen LogP contribution in [0.1, 0.15) is 30.1 Å². The number of hydrogen-bond donors (Lipinski definition) is 2. The van der Waals surface area contributed by atoms with Crippen LogP contribution in [0.4, 0.5) is 0 Å². The van der Waals surface area contributed by atoms with Crippen LogP contribution >= 0.6 is 0 Å². The van der Waals surface area contributed by atoms with Crippen LogP contribution in [-0.4, -0.2) is 27.9 Å². The second-order valence-electron chi connectivity index (χ2n) is 5.30. The lowest BCUT2D eigenvalue weighted by molar-refractivity contribution is -0.139. The Labute approximate surface area is 132 Å². The monoisotopic (exact) mass is 312 g/mol. The minimum absolute atomic E-state index is 0.118. The van der Waals surface area contributed by atoms with Crippen molar-refractivity contribution in [1.82, 2.24) is 0 Å². The van der Waals surface area contributed by atoms with Crippen LogP contribution < -0.4 is 0 Å². The molecule has 2 N–H and O–H groups in total. The van der Waals surface area contributed by atoms with Crippen molar-refractivity contribution in [3.63, 3.8) is 0 Å². The molecule has 2 aromatic carbocycles. The third kappa shape index (κ3) is 4.03. The van der Waals surface area contributed by atoms with E-state index in [0.717, 1.165) is 10.8 Å². The Balaban J connectivity index is 2.28. The normalized spacial score (nSPS) is 11.9. The zero-order valence-corrected chi connectivity index (χ0v) is 12.6. The van der Waals surface area contributed by atoms with Gasteiger partial charge in [-0.05, 0) is 23.8 Å². The standard InChI is InChI=1S/C18H16O5/c1-11(15(18(22)23)10-17(20)21)8-16(19)14-7-6-12-4-2-3-5-13(12)9-14/h2-7,9H,8,10H2,1H3,(H,20,21)(H,22,23). The lowest BCUT2D eigenvalue weighted by Gasteiger charge is -2.07. The van der Waals surface area contributed by atoms with E-state index in [9.17, 15) is 14.4 Å². The summed E-state index contributed by atoms with van der Waals surface area (Å²) in [5.74, 6) is -2.78. The number of allylic oxidation sites excluding steroid dienone is 1. The molecule has 0 unspecified atom stereocenters. The smallest absolute Gasteiger partial charge is 0.332 e. The summed E-state index contributed by atoms with van der Waals surface area (Å²) >= 11 is 0. The number of carbonyl (C=O) groups is 3. The van der Waals surface area contributed by atoms with Gasteiger partial charge in [0.05, 0.1) is 6.42 Å². The van der Waals surface area contributed by atoms with Crippen LogP contribution in [0.5, 0.6) is 0 Å². The second-order valence-corrected chi connectivity index (χ2v) is 5.30. The highest BCUT2D eigenvalue weighted by molar-refractivity contribution is 6.02. The van der Waals surface area contributed by atoms with Gasteiger partial charge in [-0.2, -0.15) is 0 Å². The minimum Gasteiger partial charge on any atom is -0.481 e. The molecule has 0 aliphatic rings. The zero-order chi connectivity index (χ0) is 17.0. The van der Waals surface area contributed by atoms with E-state index in [1.165, 1.54) is 6.92 Å². The van der Waals surface area contributed by atoms with Crippen molar-refractivity contribution in [3.05, 3.63) is 59.2 Å². The summed E-state index contributed by atoms with van der Waals surface area (Å²) in [4.78, 5) is 34.2. The van der Waals surface area contributed by atoms with Gasteiger partial charge in [-0.15, -0.1) is 0 Å². The molecule has 0 fully saturated rings. The lowest BCUT2D eigenvalue weighted by atomic mass is 9.97. The molecule has 0 amide bonds. The Hall–Kier alpha value is -2.95. The Morgan fingerprint density at radius 3 is 2.17 bits per heavy atom. The van der Waals surface area contributed by atoms with E-state index < -0.39 is 18.4 Å². The number of carbonyl (C=O) groups excluding carboxylic acids is 1. The number of benzene rings is 2. The van der Waals surface area contributed by atoms with Crippen molar-refractivity contribution in [2.45, 2.75) is 19.8 Å². The Morgan fingerprint density at radius 1 is 0.913 bits per heavy atom. The topological polar surface area (TPSA) is 91.7 Å². The lowest BCUT2D eigenvalue weighted by Crippen LogP contribution is -2.11. The molecular weight excluding hydrogens is 296 g/mol.